The maximum atomic E-state index is 12.2. The van der Waals surface area contributed by atoms with E-state index in [0.717, 1.165) is 84.5 Å². The summed E-state index contributed by atoms with van der Waals surface area (Å²) in [5, 5.41) is 52.1. The predicted octanol–water partition coefficient (Wildman–Crippen LogP) is -3.17. The fourth-order valence-electron chi connectivity index (χ4n) is 4.30. The van der Waals surface area contributed by atoms with Gasteiger partial charge in [0.1, 0.15) is 31.0 Å². The summed E-state index contributed by atoms with van der Waals surface area (Å²) < 4.78 is 10.4. The zero-order valence-corrected chi connectivity index (χ0v) is 25.7. The average molecular weight is 622 g/mol. The van der Waals surface area contributed by atoms with Crippen LogP contribution in [0.2, 0.25) is 0 Å². The number of hydrogen-bond acceptors (Lipinski definition) is 13. The van der Waals surface area contributed by atoms with Crippen LogP contribution in [0.25, 0.3) is 0 Å². The van der Waals surface area contributed by atoms with E-state index in [-0.39, 0.29) is 6.61 Å². The van der Waals surface area contributed by atoms with Gasteiger partial charge < -0.3 is 73.5 Å². The van der Waals surface area contributed by atoms with Crippen LogP contribution in [-0.2, 0) is 9.47 Å². The third-order valence-corrected chi connectivity index (χ3v) is 6.81. The summed E-state index contributed by atoms with van der Waals surface area (Å²) in [4.78, 5) is 24.2. The molecule has 16 nitrogen and oxygen atoms in total. The topological polar surface area (TPSA) is 250 Å². The van der Waals surface area contributed by atoms with E-state index in [0.29, 0.717) is 39.0 Å². The predicted molar refractivity (Wildman–Crippen MR) is 164 cm³/mol. The van der Waals surface area contributed by atoms with Gasteiger partial charge in [-0.2, -0.15) is 0 Å². The molecule has 1 fully saturated rings. The number of carbonyl (C=O) groups excluding carboxylic acids is 2. The fourth-order valence-corrected chi connectivity index (χ4v) is 4.30. The molecule has 1 rings (SSSR count). The molecule has 5 atom stereocenters. The Morgan fingerprint density at radius 2 is 1.14 bits per heavy atom. The molecule has 1 aliphatic rings. The minimum atomic E-state index is -1.60. The molecule has 0 aliphatic carbocycles. The second kappa shape index (κ2) is 26.5. The molecule has 0 aromatic carbocycles. The summed E-state index contributed by atoms with van der Waals surface area (Å²) in [5.74, 6) is 0. The number of alkyl carbamates (subject to hydrolysis) is 1. The number of carbonyl (C=O) groups is 2. The molecular weight excluding hydrogens is 562 g/mol. The zero-order chi connectivity index (χ0) is 31.5. The van der Waals surface area contributed by atoms with Gasteiger partial charge in [0.2, 0.25) is 0 Å². The Morgan fingerprint density at radius 3 is 1.70 bits per heavy atom. The molecule has 16 heteroatoms. The van der Waals surface area contributed by atoms with Gasteiger partial charge in [0, 0.05) is 26.2 Å². The van der Waals surface area contributed by atoms with E-state index in [1.54, 1.807) is 0 Å². The van der Waals surface area contributed by atoms with E-state index in [4.69, 9.17) is 20.9 Å². The molecule has 0 aromatic rings. The van der Waals surface area contributed by atoms with E-state index in [1.165, 1.54) is 0 Å². The Morgan fingerprint density at radius 1 is 0.628 bits per heavy atom. The fraction of sp³-hybridized carbons (Fsp3) is 0.926. The van der Waals surface area contributed by atoms with Gasteiger partial charge in [-0.3, -0.25) is 0 Å². The Balaban J connectivity index is 2.10. The van der Waals surface area contributed by atoms with Crippen molar-refractivity contribution in [3.8, 4) is 0 Å². The number of nitrogens with one attached hydrogen (secondary N) is 7. The third kappa shape index (κ3) is 19.9. The largest absolute Gasteiger partial charge is 0.447 e. The molecule has 3 amide bonds. The molecule has 0 radical (unpaired) electrons. The molecular formula is C27H59N9O7. The normalized spacial score (nSPS) is 21.8. The van der Waals surface area contributed by atoms with Crippen molar-refractivity contribution in [3.63, 3.8) is 0 Å². The maximum absolute atomic E-state index is 12.2. The van der Waals surface area contributed by atoms with E-state index in [9.17, 15) is 24.9 Å². The second-order valence-corrected chi connectivity index (χ2v) is 10.5. The van der Waals surface area contributed by atoms with Crippen LogP contribution in [0.5, 0.6) is 0 Å². The van der Waals surface area contributed by atoms with Crippen molar-refractivity contribution in [1.29, 1.82) is 0 Å². The number of amides is 3. The first-order chi connectivity index (χ1) is 20.9. The summed E-state index contributed by atoms with van der Waals surface area (Å²) in [6, 6.07) is -1.87. The van der Waals surface area contributed by atoms with Crippen LogP contribution in [0.15, 0.2) is 0 Å². The van der Waals surface area contributed by atoms with Crippen molar-refractivity contribution in [1.82, 2.24) is 37.2 Å². The van der Waals surface area contributed by atoms with E-state index >= 15 is 0 Å². The summed E-state index contributed by atoms with van der Waals surface area (Å²) >= 11 is 0. The molecule has 43 heavy (non-hydrogen) atoms. The number of urea groups is 1. The van der Waals surface area contributed by atoms with Gasteiger partial charge in [0.25, 0.3) is 0 Å². The van der Waals surface area contributed by atoms with Crippen LogP contribution in [0, 0.1) is 0 Å². The van der Waals surface area contributed by atoms with Gasteiger partial charge in [0.05, 0.1) is 0 Å². The van der Waals surface area contributed by atoms with E-state index in [2.05, 4.69) is 37.2 Å². The van der Waals surface area contributed by atoms with Crippen molar-refractivity contribution in [2.45, 2.75) is 75.6 Å². The van der Waals surface area contributed by atoms with Gasteiger partial charge in [-0.25, -0.2) is 9.59 Å². The van der Waals surface area contributed by atoms with Crippen LogP contribution in [-0.4, -0.2) is 143 Å². The smallest absolute Gasteiger partial charge is 0.407 e. The first-order valence-electron chi connectivity index (χ1n) is 15.8. The Kier molecular flexibility index (Phi) is 24.2. The standard InChI is InChI=1S/C27H59N9O7/c28-8-5-14-30-10-1-2-11-32-16-7-18-35-27(41)42-20-21-23(37)24(38)22(25(39)43-21)36-26(40)34-17-6-15-31-12-3-4-13-33-19-9-29/h21-25,30-33,37-39H,1-20,28-29H2,(H,35,41)(H2,34,36,40)/t21-,22-,23-,24-,25?/m1/s1. The highest BCUT2D eigenvalue weighted by Gasteiger charge is 2.45. The number of hydrogen-bond donors (Lipinski definition) is 12. The van der Waals surface area contributed by atoms with Crippen molar-refractivity contribution in [2.24, 2.45) is 11.5 Å². The maximum Gasteiger partial charge on any atom is 0.407 e. The highest BCUT2D eigenvalue weighted by Crippen LogP contribution is 2.20. The average Bonchev–Trinajstić information content (AvgIpc) is 2.99. The Bertz CT molecular complexity index is 699. The molecule has 1 heterocycles. The molecule has 1 unspecified atom stereocenters. The lowest BCUT2D eigenvalue weighted by Crippen LogP contribution is -2.65. The molecule has 14 N–H and O–H groups in total. The highest BCUT2D eigenvalue weighted by molar-refractivity contribution is 5.74. The number of rotatable bonds is 26. The van der Waals surface area contributed by atoms with Gasteiger partial charge in [-0.1, -0.05) is 0 Å². The van der Waals surface area contributed by atoms with Crippen molar-refractivity contribution in [2.75, 3.05) is 85.1 Å². The van der Waals surface area contributed by atoms with Gasteiger partial charge in [-0.15, -0.1) is 0 Å². The lowest BCUT2D eigenvalue weighted by molar-refractivity contribution is -0.252. The van der Waals surface area contributed by atoms with Gasteiger partial charge in [0.15, 0.2) is 6.29 Å². The van der Waals surface area contributed by atoms with Crippen molar-refractivity contribution in [3.05, 3.63) is 0 Å². The number of aliphatic hydroxyl groups is 3. The van der Waals surface area contributed by atoms with Crippen LogP contribution in [0.1, 0.15) is 44.9 Å². The van der Waals surface area contributed by atoms with Gasteiger partial charge >= 0.3 is 12.1 Å². The molecule has 0 saturated carbocycles. The lowest BCUT2D eigenvalue weighted by atomic mass is 9.97. The highest BCUT2D eigenvalue weighted by atomic mass is 16.6. The Labute approximate surface area is 256 Å². The quantitative estimate of drug-likeness (QED) is 0.0427. The second-order valence-electron chi connectivity index (χ2n) is 10.5. The van der Waals surface area contributed by atoms with Gasteiger partial charge in [-0.05, 0) is 97.3 Å². The monoisotopic (exact) mass is 621 g/mol. The summed E-state index contributed by atoms with van der Waals surface area (Å²) in [6.07, 6.45) is 0.146. The molecule has 254 valence electrons. The van der Waals surface area contributed by atoms with Crippen molar-refractivity contribution >= 4 is 12.1 Å². The van der Waals surface area contributed by atoms with Crippen LogP contribution >= 0.6 is 0 Å². The molecule has 1 saturated heterocycles. The molecule has 0 bridgehead atoms. The summed E-state index contributed by atoms with van der Waals surface area (Å²) in [6.45, 7) is 8.68. The number of aliphatic hydroxyl groups excluding tert-OH is 3. The summed E-state index contributed by atoms with van der Waals surface area (Å²) in [5.41, 5.74) is 10.9. The van der Waals surface area contributed by atoms with Crippen LogP contribution in [0.4, 0.5) is 9.59 Å². The molecule has 0 aromatic heterocycles. The van der Waals surface area contributed by atoms with E-state index in [1.807, 2.05) is 0 Å². The lowest BCUT2D eigenvalue weighted by Gasteiger charge is -2.40. The van der Waals surface area contributed by atoms with Crippen LogP contribution < -0.4 is 48.7 Å². The summed E-state index contributed by atoms with van der Waals surface area (Å²) in [7, 11) is 0. The first kappa shape index (κ1) is 39.2. The minimum absolute atomic E-state index is 0.380. The SMILES string of the molecule is NCCCNCCCCNCCCNC(=O)OC[C@H]1OC(O)[C@H](NC(=O)NCCCNCCCCNCCN)[C@@H](O)[C@@H]1O. The molecule has 0 spiro atoms. The van der Waals surface area contributed by atoms with Crippen molar-refractivity contribution < 1.29 is 34.4 Å². The molecule has 1 aliphatic heterocycles. The number of nitrogens with two attached hydrogens (primary N) is 2. The zero-order valence-electron chi connectivity index (χ0n) is 25.7. The number of unbranched alkanes of at least 4 members (excludes halogenated alkanes) is 2. The Hall–Kier alpha value is -1.86. The third-order valence-electron chi connectivity index (χ3n) is 6.81. The first-order valence-corrected chi connectivity index (χ1v) is 15.8. The van der Waals surface area contributed by atoms with Crippen LogP contribution in [0.3, 0.4) is 0 Å². The minimum Gasteiger partial charge on any atom is -0.447 e. The van der Waals surface area contributed by atoms with E-state index < -0.39 is 42.8 Å². The number of ether oxygens (including phenoxy) is 2.